The van der Waals surface area contributed by atoms with Crippen molar-refractivity contribution in [3.05, 3.63) is 64.7 Å². The molecule has 0 saturated heterocycles. The van der Waals surface area contributed by atoms with E-state index in [1.807, 2.05) is 19.1 Å². The van der Waals surface area contributed by atoms with Gasteiger partial charge in [-0.3, -0.25) is 4.98 Å². The Hall–Kier alpha value is -1.88. The summed E-state index contributed by atoms with van der Waals surface area (Å²) in [5.74, 6) is -3.78. The van der Waals surface area contributed by atoms with Gasteiger partial charge in [-0.15, -0.1) is 0 Å². The van der Waals surface area contributed by atoms with E-state index in [0.717, 1.165) is 23.7 Å². The number of nitrogens with one attached hydrogen (secondary N) is 1. The molecule has 1 atom stereocenters. The number of likely N-dealkylation sites (N-methyl/N-ethyl adjacent to an activating group) is 1. The summed E-state index contributed by atoms with van der Waals surface area (Å²) in [6, 6.07) is 5.54. The molecule has 0 aliphatic heterocycles. The number of nitrogens with zero attached hydrogens (tertiary/aromatic N) is 1. The Bertz CT molecular complexity index is 612. The zero-order valence-electron chi connectivity index (χ0n) is 12.0. The van der Waals surface area contributed by atoms with Crippen LogP contribution in [0, 0.1) is 17.5 Å². The number of aromatic nitrogens is 1. The van der Waals surface area contributed by atoms with Gasteiger partial charge in [0, 0.05) is 29.9 Å². The summed E-state index contributed by atoms with van der Waals surface area (Å²) in [6.45, 7) is 2.03. The highest BCUT2D eigenvalue weighted by atomic mass is 19.2. The molecule has 5 heteroatoms. The van der Waals surface area contributed by atoms with Crippen molar-refractivity contribution in [1.82, 2.24) is 10.3 Å². The Kier molecular flexibility index (Phi) is 4.96. The minimum atomic E-state index is -1.44. The fourth-order valence-corrected chi connectivity index (χ4v) is 2.17. The van der Waals surface area contributed by atoms with Crippen LogP contribution in [0.25, 0.3) is 0 Å². The molecule has 21 heavy (non-hydrogen) atoms. The number of hydrogen-bond donors (Lipinski definition) is 1. The largest absolute Gasteiger partial charge is 0.313 e. The van der Waals surface area contributed by atoms with Crippen molar-refractivity contribution in [2.75, 3.05) is 7.05 Å². The van der Waals surface area contributed by atoms with Crippen LogP contribution >= 0.6 is 0 Å². The lowest BCUT2D eigenvalue weighted by Gasteiger charge is -2.17. The van der Waals surface area contributed by atoms with Crippen LogP contribution in [0.2, 0.25) is 0 Å². The van der Waals surface area contributed by atoms with Gasteiger partial charge in [0.1, 0.15) is 0 Å². The Balaban J connectivity index is 2.25. The maximum Gasteiger partial charge on any atom is 0.194 e. The second kappa shape index (κ2) is 6.72. The number of rotatable bonds is 5. The molecule has 1 aromatic carbocycles. The van der Waals surface area contributed by atoms with E-state index < -0.39 is 23.5 Å². The van der Waals surface area contributed by atoms with Gasteiger partial charge >= 0.3 is 0 Å². The molecule has 0 fully saturated rings. The fourth-order valence-electron chi connectivity index (χ4n) is 2.17. The molecule has 0 bridgehead atoms. The molecule has 1 N–H and O–H groups in total. The quantitative estimate of drug-likeness (QED) is 0.853. The van der Waals surface area contributed by atoms with E-state index in [-0.39, 0.29) is 5.56 Å². The Labute approximate surface area is 122 Å². The van der Waals surface area contributed by atoms with Crippen LogP contribution in [0.4, 0.5) is 13.2 Å². The predicted octanol–water partition coefficient (Wildman–Crippen LogP) is 3.56. The van der Waals surface area contributed by atoms with E-state index in [1.165, 1.54) is 6.07 Å². The first-order chi connectivity index (χ1) is 10.1. The van der Waals surface area contributed by atoms with Gasteiger partial charge in [0.25, 0.3) is 0 Å². The topological polar surface area (TPSA) is 24.9 Å². The predicted molar refractivity (Wildman–Crippen MR) is 75.4 cm³/mol. The smallest absolute Gasteiger partial charge is 0.194 e. The highest BCUT2D eigenvalue weighted by Crippen LogP contribution is 2.23. The molecule has 0 spiro atoms. The first-order valence-electron chi connectivity index (χ1n) is 6.81. The molecule has 2 nitrogen and oxygen atoms in total. The molecule has 1 aromatic heterocycles. The average molecular weight is 294 g/mol. The monoisotopic (exact) mass is 294 g/mol. The van der Waals surface area contributed by atoms with E-state index in [4.69, 9.17) is 0 Å². The highest BCUT2D eigenvalue weighted by Gasteiger charge is 2.20. The molecule has 0 saturated carbocycles. The van der Waals surface area contributed by atoms with E-state index in [0.29, 0.717) is 6.42 Å². The maximum atomic E-state index is 13.8. The van der Waals surface area contributed by atoms with E-state index in [9.17, 15) is 13.2 Å². The van der Waals surface area contributed by atoms with Crippen LogP contribution < -0.4 is 5.32 Å². The Morgan fingerprint density at radius 3 is 2.43 bits per heavy atom. The van der Waals surface area contributed by atoms with Crippen molar-refractivity contribution in [3.63, 3.8) is 0 Å². The van der Waals surface area contributed by atoms with Crippen molar-refractivity contribution in [2.45, 2.75) is 25.8 Å². The van der Waals surface area contributed by atoms with Crippen LogP contribution in [-0.2, 0) is 12.8 Å². The van der Waals surface area contributed by atoms with E-state index in [1.54, 1.807) is 13.2 Å². The van der Waals surface area contributed by atoms with Crippen LogP contribution in [0.15, 0.2) is 30.5 Å². The molecule has 1 heterocycles. The van der Waals surface area contributed by atoms with Crippen molar-refractivity contribution < 1.29 is 13.2 Å². The average Bonchev–Trinajstić information content (AvgIpc) is 2.51. The molecule has 0 radical (unpaired) electrons. The molecule has 0 amide bonds. The van der Waals surface area contributed by atoms with Crippen LogP contribution in [0.1, 0.15) is 29.8 Å². The summed E-state index contributed by atoms with van der Waals surface area (Å²) >= 11 is 0. The van der Waals surface area contributed by atoms with Crippen molar-refractivity contribution in [3.8, 4) is 0 Å². The van der Waals surface area contributed by atoms with Crippen LogP contribution in [0.3, 0.4) is 0 Å². The molecule has 1 unspecified atom stereocenters. The van der Waals surface area contributed by atoms with Gasteiger partial charge < -0.3 is 5.32 Å². The second-order valence-corrected chi connectivity index (χ2v) is 4.82. The normalized spacial score (nSPS) is 12.4. The summed E-state index contributed by atoms with van der Waals surface area (Å²) in [6.07, 6.45) is 3.05. The van der Waals surface area contributed by atoms with Gasteiger partial charge in [0.2, 0.25) is 0 Å². The molecule has 112 valence electrons. The molecular weight excluding hydrogens is 277 g/mol. The standard InChI is InChI=1S/C16H17F3N2/c1-3-10-4-5-11(21-9-10)8-14(20-2)12-6-7-13(17)16(19)15(12)18/h4-7,9,14,20H,3,8H2,1-2H3. The first-order valence-corrected chi connectivity index (χ1v) is 6.81. The van der Waals surface area contributed by atoms with Crippen molar-refractivity contribution >= 4 is 0 Å². The minimum Gasteiger partial charge on any atom is -0.313 e. The maximum absolute atomic E-state index is 13.8. The number of hydrogen-bond acceptors (Lipinski definition) is 2. The lowest BCUT2D eigenvalue weighted by atomic mass is 10.0. The van der Waals surface area contributed by atoms with Gasteiger partial charge in [-0.05, 0) is 31.2 Å². The molecule has 2 rings (SSSR count). The molecule has 2 aromatic rings. The fraction of sp³-hybridized carbons (Fsp3) is 0.312. The minimum absolute atomic E-state index is 0.0952. The third-order valence-corrected chi connectivity index (χ3v) is 3.50. The SMILES string of the molecule is CCc1ccc(CC(NC)c2ccc(F)c(F)c2F)nc1. The zero-order valence-corrected chi connectivity index (χ0v) is 12.0. The molecule has 0 aliphatic rings. The van der Waals surface area contributed by atoms with Crippen LogP contribution in [-0.4, -0.2) is 12.0 Å². The lowest BCUT2D eigenvalue weighted by molar-refractivity contribution is 0.428. The number of halogens is 3. The van der Waals surface area contributed by atoms with Crippen LogP contribution in [0.5, 0.6) is 0 Å². The van der Waals surface area contributed by atoms with Gasteiger partial charge in [0.15, 0.2) is 17.5 Å². The van der Waals surface area contributed by atoms with Gasteiger partial charge in [-0.2, -0.15) is 0 Å². The van der Waals surface area contributed by atoms with Gasteiger partial charge in [0.05, 0.1) is 0 Å². The summed E-state index contributed by atoms with van der Waals surface area (Å²) in [4.78, 5) is 4.30. The molecular formula is C16H17F3N2. The van der Waals surface area contributed by atoms with E-state index in [2.05, 4.69) is 10.3 Å². The summed E-state index contributed by atoms with van der Waals surface area (Å²) in [5, 5.41) is 2.91. The Morgan fingerprint density at radius 2 is 1.86 bits per heavy atom. The van der Waals surface area contributed by atoms with Gasteiger partial charge in [-0.25, -0.2) is 13.2 Å². The number of benzene rings is 1. The third-order valence-electron chi connectivity index (χ3n) is 3.50. The third kappa shape index (κ3) is 3.42. The summed E-state index contributed by atoms with van der Waals surface area (Å²) in [7, 11) is 1.64. The van der Waals surface area contributed by atoms with E-state index >= 15 is 0 Å². The number of pyridine rings is 1. The summed E-state index contributed by atoms with van der Waals surface area (Å²) < 4.78 is 40.2. The Morgan fingerprint density at radius 1 is 1.10 bits per heavy atom. The van der Waals surface area contributed by atoms with Crippen molar-refractivity contribution in [1.29, 1.82) is 0 Å². The zero-order chi connectivity index (χ0) is 15.4. The van der Waals surface area contributed by atoms with Gasteiger partial charge in [-0.1, -0.05) is 19.1 Å². The molecule has 0 aliphatic carbocycles. The van der Waals surface area contributed by atoms with Crippen molar-refractivity contribution in [2.24, 2.45) is 0 Å². The number of aryl methyl sites for hydroxylation is 1. The highest BCUT2D eigenvalue weighted by molar-refractivity contribution is 5.25. The lowest BCUT2D eigenvalue weighted by Crippen LogP contribution is -2.21. The second-order valence-electron chi connectivity index (χ2n) is 4.82. The first kappa shape index (κ1) is 15.5. The summed E-state index contributed by atoms with van der Waals surface area (Å²) in [5.41, 5.74) is 1.97.